The van der Waals surface area contributed by atoms with Crippen molar-refractivity contribution in [3.63, 3.8) is 0 Å². The fourth-order valence-electron chi connectivity index (χ4n) is 1.76. The van der Waals surface area contributed by atoms with Crippen molar-refractivity contribution >= 4 is 17.5 Å². The largest absolute Gasteiger partial charge is 0.344 e. The van der Waals surface area contributed by atoms with Crippen LogP contribution in [0, 0.1) is 0 Å². The molecule has 15 heavy (non-hydrogen) atoms. The Morgan fingerprint density at radius 3 is 2.73 bits per heavy atom. The molecule has 1 heterocycles. The Labute approximate surface area is 93.8 Å². The predicted octanol–water partition coefficient (Wildman–Crippen LogP) is 0.406. The maximum absolute atomic E-state index is 11.7. The van der Waals surface area contributed by atoms with E-state index in [1.165, 1.54) is 0 Å². The lowest BCUT2D eigenvalue weighted by molar-refractivity contribution is -0.636. The summed E-state index contributed by atoms with van der Waals surface area (Å²) in [6.45, 7) is 2.09. The van der Waals surface area contributed by atoms with Gasteiger partial charge in [0.15, 0.2) is 0 Å². The Hall–Kier alpha value is -1.06. The number of amides is 1. The van der Waals surface area contributed by atoms with Crippen LogP contribution in [0.1, 0.15) is 16.8 Å². The third-order valence-corrected chi connectivity index (χ3v) is 2.86. The number of hydrogen-bond donors (Lipinski definition) is 2. The molecule has 1 aliphatic rings. The molecule has 1 amide bonds. The van der Waals surface area contributed by atoms with E-state index in [-0.39, 0.29) is 5.91 Å². The molecule has 0 bridgehead atoms. The normalized spacial score (nSPS) is 20.2. The maximum atomic E-state index is 11.7. The zero-order valence-corrected chi connectivity index (χ0v) is 9.13. The van der Waals surface area contributed by atoms with E-state index in [1.54, 1.807) is 24.3 Å². The van der Waals surface area contributed by atoms with E-state index in [0.717, 1.165) is 19.5 Å². The number of carbonyl (C=O) groups excluding carboxylic acids is 1. The van der Waals surface area contributed by atoms with E-state index < -0.39 is 0 Å². The van der Waals surface area contributed by atoms with Crippen LogP contribution in [0.5, 0.6) is 0 Å². The molecule has 0 unspecified atom stereocenters. The molecule has 0 spiro atoms. The van der Waals surface area contributed by atoms with Crippen molar-refractivity contribution in [3.8, 4) is 0 Å². The van der Waals surface area contributed by atoms with E-state index in [4.69, 9.17) is 11.6 Å². The molecule has 0 radical (unpaired) electrons. The molecule has 0 aromatic heterocycles. The van der Waals surface area contributed by atoms with Gasteiger partial charge in [-0.25, -0.2) is 0 Å². The smallest absolute Gasteiger partial charge is 0.251 e. The van der Waals surface area contributed by atoms with E-state index >= 15 is 0 Å². The van der Waals surface area contributed by atoms with Gasteiger partial charge in [-0.2, -0.15) is 0 Å². The van der Waals surface area contributed by atoms with Crippen LogP contribution in [-0.2, 0) is 0 Å². The second-order valence-electron chi connectivity index (χ2n) is 3.78. The monoisotopic (exact) mass is 225 g/mol. The number of nitrogens with two attached hydrogens (primary N) is 1. The van der Waals surface area contributed by atoms with Crippen molar-refractivity contribution in [1.82, 2.24) is 5.32 Å². The third kappa shape index (κ3) is 2.70. The van der Waals surface area contributed by atoms with Gasteiger partial charge >= 0.3 is 0 Å². The second kappa shape index (κ2) is 4.64. The Kier molecular flexibility index (Phi) is 3.23. The highest BCUT2D eigenvalue weighted by Crippen LogP contribution is 2.09. The quantitative estimate of drug-likeness (QED) is 0.753. The van der Waals surface area contributed by atoms with Gasteiger partial charge in [-0.15, -0.1) is 0 Å². The summed E-state index contributed by atoms with van der Waals surface area (Å²) in [5, 5.41) is 5.87. The molecule has 1 aromatic rings. The minimum absolute atomic E-state index is 0.00744. The molecule has 2 rings (SSSR count). The Morgan fingerprint density at radius 2 is 2.13 bits per heavy atom. The average Bonchev–Trinajstić information content (AvgIpc) is 2.71. The summed E-state index contributed by atoms with van der Waals surface area (Å²) >= 11 is 5.75. The molecule has 3 nitrogen and oxygen atoms in total. The van der Waals surface area contributed by atoms with Gasteiger partial charge in [0.1, 0.15) is 0 Å². The van der Waals surface area contributed by atoms with Crippen LogP contribution in [0.3, 0.4) is 0 Å². The molecule has 0 aliphatic carbocycles. The summed E-state index contributed by atoms with van der Waals surface area (Å²) < 4.78 is 0. The van der Waals surface area contributed by atoms with E-state index in [2.05, 4.69) is 10.6 Å². The first kappa shape index (κ1) is 10.5. The summed E-state index contributed by atoms with van der Waals surface area (Å²) in [5.41, 5.74) is 0.673. The lowest BCUT2D eigenvalue weighted by Crippen LogP contribution is -2.82. The average molecular weight is 226 g/mol. The van der Waals surface area contributed by atoms with Crippen LogP contribution < -0.4 is 10.6 Å². The topological polar surface area (TPSA) is 45.7 Å². The third-order valence-electron chi connectivity index (χ3n) is 2.61. The molecular weight excluding hydrogens is 212 g/mol. The standard InChI is InChI=1S/C11H13ClN2O/c12-9-3-1-8(2-4-9)11(15)14-10-5-6-13-7-10/h1-4,10,13H,5-7H2,(H,14,15)/p+1/t10-/m0/s1. The van der Waals surface area contributed by atoms with Crippen LogP contribution in [0.15, 0.2) is 24.3 Å². The minimum Gasteiger partial charge on any atom is -0.344 e. The molecule has 1 aromatic carbocycles. The zero-order valence-electron chi connectivity index (χ0n) is 8.37. The molecule has 1 saturated heterocycles. The van der Waals surface area contributed by atoms with Crippen LogP contribution in [0.4, 0.5) is 0 Å². The molecule has 1 fully saturated rings. The number of halogens is 1. The lowest BCUT2D eigenvalue weighted by atomic mass is 10.2. The summed E-state index contributed by atoms with van der Waals surface area (Å²) in [4.78, 5) is 11.7. The predicted molar refractivity (Wildman–Crippen MR) is 59.0 cm³/mol. The first-order chi connectivity index (χ1) is 7.25. The molecule has 1 aliphatic heterocycles. The Bertz CT molecular complexity index is 344. The van der Waals surface area contributed by atoms with Crippen molar-refractivity contribution in [3.05, 3.63) is 34.9 Å². The zero-order chi connectivity index (χ0) is 10.7. The van der Waals surface area contributed by atoms with Crippen molar-refractivity contribution in [2.45, 2.75) is 12.5 Å². The molecule has 1 atom stereocenters. The van der Waals surface area contributed by atoms with Gasteiger partial charge in [-0.1, -0.05) is 11.6 Å². The maximum Gasteiger partial charge on any atom is 0.251 e. The molecule has 80 valence electrons. The second-order valence-corrected chi connectivity index (χ2v) is 4.22. The van der Waals surface area contributed by atoms with Crippen molar-refractivity contribution in [2.24, 2.45) is 0 Å². The van der Waals surface area contributed by atoms with Gasteiger partial charge in [-0.3, -0.25) is 4.79 Å². The highest BCUT2D eigenvalue weighted by atomic mass is 35.5. The first-order valence-electron chi connectivity index (χ1n) is 5.14. The van der Waals surface area contributed by atoms with Gasteiger partial charge in [0.25, 0.3) is 5.91 Å². The fraction of sp³-hybridized carbons (Fsp3) is 0.364. The summed E-state index contributed by atoms with van der Waals surface area (Å²) in [7, 11) is 0. The van der Waals surface area contributed by atoms with Crippen molar-refractivity contribution in [1.29, 1.82) is 0 Å². The lowest BCUT2D eigenvalue weighted by Gasteiger charge is -2.09. The Morgan fingerprint density at radius 1 is 1.40 bits per heavy atom. The highest BCUT2D eigenvalue weighted by molar-refractivity contribution is 6.30. The van der Waals surface area contributed by atoms with Crippen LogP contribution in [-0.4, -0.2) is 25.0 Å². The number of quaternary nitrogens is 1. The van der Waals surface area contributed by atoms with E-state index in [1.807, 2.05) is 0 Å². The van der Waals surface area contributed by atoms with Gasteiger partial charge in [0.2, 0.25) is 0 Å². The van der Waals surface area contributed by atoms with E-state index in [9.17, 15) is 4.79 Å². The summed E-state index contributed by atoms with van der Waals surface area (Å²) in [6, 6.07) is 7.27. The SMILES string of the molecule is O=C(N[C@H]1CC[NH2+]C1)c1ccc(Cl)cc1. The highest BCUT2D eigenvalue weighted by Gasteiger charge is 2.20. The molecule has 4 heteroatoms. The first-order valence-corrected chi connectivity index (χ1v) is 5.51. The number of nitrogens with one attached hydrogen (secondary N) is 1. The van der Waals surface area contributed by atoms with Gasteiger partial charge in [-0.05, 0) is 24.3 Å². The Balaban J connectivity index is 1.98. The van der Waals surface area contributed by atoms with Gasteiger partial charge < -0.3 is 10.6 Å². The van der Waals surface area contributed by atoms with Crippen LogP contribution in [0.2, 0.25) is 5.02 Å². The number of rotatable bonds is 2. The van der Waals surface area contributed by atoms with Crippen LogP contribution >= 0.6 is 11.6 Å². The summed E-state index contributed by atoms with van der Waals surface area (Å²) in [6.07, 6.45) is 1.05. The van der Waals surface area contributed by atoms with Crippen molar-refractivity contribution in [2.75, 3.05) is 13.1 Å². The molecule has 0 saturated carbocycles. The van der Waals surface area contributed by atoms with Gasteiger partial charge in [0.05, 0.1) is 19.1 Å². The van der Waals surface area contributed by atoms with E-state index in [0.29, 0.717) is 16.6 Å². The van der Waals surface area contributed by atoms with Gasteiger partial charge in [0, 0.05) is 17.0 Å². The van der Waals surface area contributed by atoms with Crippen LogP contribution in [0.25, 0.3) is 0 Å². The number of hydrogen-bond acceptors (Lipinski definition) is 1. The number of carbonyl (C=O) groups is 1. The molecule has 3 N–H and O–H groups in total. The molecular formula is C11H14ClN2O+. The fourth-order valence-corrected chi connectivity index (χ4v) is 1.88. The minimum atomic E-state index is -0.00744. The number of benzene rings is 1. The summed E-state index contributed by atoms with van der Waals surface area (Å²) in [5.74, 6) is -0.00744. The van der Waals surface area contributed by atoms with Crippen molar-refractivity contribution < 1.29 is 10.1 Å².